The molecule has 1 N–H and O–H groups in total. The van der Waals surface area contributed by atoms with Crippen LogP contribution < -0.4 is 14.7 Å². The summed E-state index contributed by atoms with van der Waals surface area (Å²) in [5.74, 6) is 0. The number of hydrogen-bond acceptors (Lipinski definition) is 8. The van der Waals surface area contributed by atoms with Gasteiger partial charge in [0.05, 0.1) is 22.0 Å². The van der Waals surface area contributed by atoms with Gasteiger partial charge in [-0.3, -0.25) is 4.72 Å². The first-order chi connectivity index (χ1) is 17.0. The Morgan fingerprint density at radius 3 is 2.03 bits per heavy atom. The molecule has 0 aromatic heterocycles. The lowest BCUT2D eigenvalue weighted by Crippen LogP contribution is -2.44. The number of nitrogens with zero attached hydrogens (tertiary/aromatic N) is 2. The van der Waals surface area contributed by atoms with Crippen LogP contribution in [0.4, 0.5) is 26.7 Å². The van der Waals surface area contributed by atoms with Gasteiger partial charge in [0.25, 0.3) is 10.0 Å². The fourth-order valence-corrected chi connectivity index (χ4v) is 4.50. The van der Waals surface area contributed by atoms with E-state index in [-0.39, 0.29) is 28.5 Å². The van der Waals surface area contributed by atoms with Gasteiger partial charge in [-0.1, -0.05) is 29.8 Å². The lowest BCUT2D eigenvalue weighted by atomic mass is 10.1. The van der Waals surface area contributed by atoms with Gasteiger partial charge in [0.1, 0.15) is 11.2 Å². The van der Waals surface area contributed by atoms with Crippen LogP contribution in [0, 0.1) is 12.1 Å². The predicted octanol–water partition coefficient (Wildman–Crippen LogP) is 5.80. The molecule has 3 rings (SSSR count). The molecule has 0 saturated heterocycles. The molecule has 1 heterocycles. The molecule has 37 heavy (non-hydrogen) atoms. The first-order valence-electron chi connectivity index (χ1n) is 11.6. The van der Waals surface area contributed by atoms with Crippen LogP contribution in [-0.2, 0) is 19.5 Å². The molecule has 11 heteroatoms. The van der Waals surface area contributed by atoms with E-state index in [1.54, 1.807) is 65.8 Å². The van der Waals surface area contributed by atoms with E-state index >= 15 is 0 Å². The average molecular weight is 531 g/mol. The SMILES string of the molecule is Cc1ccc(S(=O)(=O)Nc2cc(N(C(=O)OC(C)(C)C)C(=O)OC(C)(C)C)cc3c2N([O-])CC=C3)cc1. The van der Waals surface area contributed by atoms with Gasteiger partial charge >= 0.3 is 12.2 Å². The number of benzene rings is 2. The first-order valence-corrected chi connectivity index (χ1v) is 13.1. The molecule has 0 unspecified atom stereocenters. The summed E-state index contributed by atoms with van der Waals surface area (Å²) in [6, 6.07) is 8.84. The van der Waals surface area contributed by atoms with Crippen LogP contribution in [0.5, 0.6) is 0 Å². The minimum atomic E-state index is -4.12. The van der Waals surface area contributed by atoms with Gasteiger partial charge in [-0.25, -0.2) is 18.0 Å². The molecule has 1 aliphatic rings. The van der Waals surface area contributed by atoms with Crippen LogP contribution in [0.2, 0.25) is 0 Å². The highest BCUT2D eigenvalue weighted by molar-refractivity contribution is 7.92. The summed E-state index contributed by atoms with van der Waals surface area (Å²) in [5, 5.41) is 13.4. The van der Waals surface area contributed by atoms with Crippen LogP contribution in [0.15, 0.2) is 47.4 Å². The first kappa shape index (κ1) is 28.0. The number of carbonyl (C=O) groups excluding carboxylic acids is 2. The lowest BCUT2D eigenvalue weighted by molar-refractivity contribution is 0.0430. The number of nitrogens with one attached hydrogen (secondary N) is 1. The summed E-state index contributed by atoms with van der Waals surface area (Å²) in [6.45, 7) is 11.7. The molecule has 2 amide bonds. The molecule has 0 atom stereocenters. The van der Waals surface area contributed by atoms with Gasteiger partial charge in [-0.15, -0.1) is 0 Å². The largest absolute Gasteiger partial charge is 0.758 e. The summed E-state index contributed by atoms with van der Waals surface area (Å²) >= 11 is 0. The molecule has 2 aromatic carbocycles. The van der Waals surface area contributed by atoms with Crippen LogP contribution in [0.25, 0.3) is 6.08 Å². The topological polar surface area (TPSA) is 128 Å². The number of fused-ring (bicyclic) bond motifs is 1. The number of sulfonamides is 1. The molecule has 0 saturated carbocycles. The quantitative estimate of drug-likeness (QED) is 0.525. The fourth-order valence-electron chi connectivity index (χ4n) is 3.44. The summed E-state index contributed by atoms with van der Waals surface area (Å²) in [7, 11) is -4.12. The Balaban J connectivity index is 2.17. The number of ether oxygens (including phenoxy) is 2. The van der Waals surface area contributed by atoms with Gasteiger partial charge in [0, 0.05) is 12.1 Å². The number of carbonyl (C=O) groups is 2. The maximum absolute atomic E-state index is 13.2. The Bertz CT molecular complexity index is 1290. The Labute approximate surface area is 217 Å². The van der Waals surface area contributed by atoms with Crippen molar-refractivity contribution in [1.29, 1.82) is 0 Å². The van der Waals surface area contributed by atoms with Gasteiger partial charge < -0.3 is 19.7 Å². The van der Waals surface area contributed by atoms with Gasteiger partial charge in [-0.05, 0) is 72.7 Å². The Morgan fingerprint density at radius 2 is 1.51 bits per heavy atom. The molecule has 200 valence electrons. The van der Waals surface area contributed by atoms with Crippen LogP contribution in [0.3, 0.4) is 0 Å². The summed E-state index contributed by atoms with van der Waals surface area (Å²) in [5.41, 5.74) is -0.791. The van der Waals surface area contributed by atoms with E-state index in [1.165, 1.54) is 24.3 Å². The maximum atomic E-state index is 13.2. The molecule has 0 bridgehead atoms. The van der Waals surface area contributed by atoms with E-state index in [0.29, 0.717) is 15.5 Å². The zero-order valence-corrected chi connectivity index (χ0v) is 22.8. The number of aryl methyl sites for hydroxylation is 1. The summed E-state index contributed by atoms with van der Waals surface area (Å²) in [6.07, 6.45) is 1.16. The van der Waals surface area contributed by atoms with Crippen molar-refractivity contribution < 1.29 is 27.5 Å². The summed E-state index contributed by atoms with van der Waals surface area (Å²) in [4.78, 5) is 26.9. The Morgan fingerprint density at radius 1 is 0.973 bits per heavy atom. The van der Waals surface area contributed by atoms with Gasteiger partial charge in [0.2, 0.25) is 0 Å². The average Bonchev–Trinajstić information content (AvgIpc) is 2.71. The van der Waals surface area contributed by atoms with Crippen LogP contribution in [0.1, 0.15) is 52.7 Å². The summed E-state index contributed by atoms with van der Waals surface area (Å²) < 4.78 is 39.7. The zero-order chi connectivity index (χ0) is 27.8. The molecule has 0 radical (unpaired) electrons. The molecule has 10 nitrogen and oxygen atoms in total. The molecule has 2 aromatic rings. The number of hydroxylamine groups is 1. The lowest BCUT2D eigenvalue weighted by Gasteiger charge is -2.36. The van der Waals surface area contributed by atoms with Crippen molar-refractivity contribution in [1.82, 2.24) is 0 Å². The Kier molecular flexibility index (Phi) is 7.62. The van der Waals surface area contributed by atoms with E-state index in [1.807, 2.05) is 6.92 Å². The van der Waals surface area contributed by atoms with Gasteiger partial charge in [0.15, 0.2) is 0 Å². The minimum Gasteiger partial charge on any atom is -0.758 e. The second-order valence-corrected chi connectivity index (χ2v) is 12.3. The highest BCUT2D eigenvalue weighted by atomic mass is 32.2. The second kappa shape index (κ2) is 10.1. The molecule has 0 aliphatic carbocycles. The molecular weight excluding hydrogens is 498 g/mol. The maximum Gasteiger partial charge on any atom is 0.424 e. The van der Waals surface area contributed by atoms with Crippen molar-refractivity contribution in [2.45, 2.75) is 64.6 Å². The Hall–Kier alpha value is -3.57. The number of rotatable bonds is 4. The minimum absolute atomic E-state index is 0.00650. The van der Waals surface area contributed by atoms with Crippen molar-refractivity contribution >= 4 is 45.3 Å². The zero-order valence-electron chi connectivity index (χ0n) is 22.0. The third-order valence-corrected chi connectivity index (χ3v) is 6.31. The normalized spacial score (nSPS) is 13.6. The van der Waals surface area contributed by atoms with E-state index in [4.69, 9.17) is 9.47 Å². The number of hydrogen-bond donors (Lipinski definition) is 1. The van der Waals surface area contributed by atoms with Crippen LogP contribution in [-0.4, -0.2) is 38.4 Å². The number of imide groups is 1. The van der Waals surface area contributed by atoms with Crippen molar-refractivity contribution in [3.63, 3.8) is 0 Å². The second-order valence-electron chi connectivity index (χ2n) is 10.6. The molecule has 1 aliphatic heterocycles. The van der Waals surface area contributed by atoms with Crippen molar-refractivity contribution in [2.24, 2.45) is 0 Å². The van der Waals surface area contributed by atoms with Crippen molar-refractivity contribution in [2.75, 3.05) is 21.2 Å². The van der Waals surface area contributed by atoms with E-state index < -0.39 is 33.4 Å². The van der Waals surface area contributed by atoms with Crippen molar-refractivity contribution in [3.8, 4) is 0 Å². The van der Waals surface area contributed by atoms with E-state index in [9.17, 15) is 23.2 Å². The van der Waals surface area contributed by atoms with Crippen LogP contribution >= 0.6 is 0 Å². The van der Waals surface area contributed by atoms with E-state index in [0.717, 1.165) is 5.56 Å². The third kappa shape index (κ3) is 7.01. The third-order valence-electron chi connectivity index (χ3n) is 4.93. The standard InChI is InChI=1S/C26H32N3O7S/c1-17-10-12-20(13-11-17)37(33,34)27-21-16-19(15-18-9-8-14-28(32)22(18)21)29(23(30)35-25(2,3)4)24(31)36-26(5,6)7/h8-13,15-16,27H,14H2,1-7H3/q-1. The van der Waals surface area contributed by atoms with Gasteiger partial charge in [-0.2, -0.15) is 4.90 Å². The monoisotopic (exact) mass is 530 g/mol. The molecular formula is C26H32N3O7S-. The van der Waals surface area contributed by atoms with Crippen molar-refractivity contribution in [3.05, 3.63) is 58.8 Å². The number of anilines is 3. The fraction of sp³-hybridized carbons (Fsp3) is 0.385. The predicted molar refractivity (Wildman–Crippen MR) is 143 cm³/mol. The van der Waals surface area contributed by atoms with E-state index in [2.05, 4.69) is 4.72 Å². The highest BCUT2D eigenvalue weighted by Crippen LogP contribution is 2.39. The number of amides is 2. The smallest absolute Gasteiger partial charge is 0.424 e. The molecule has 0 spiro atoms. The highest BCUT2D eigenvalue weighted by Gasteiger charge is 2.34. The molecule has 0 fully saturated rings.